The lowest BCUT2D eigenvalue weighted by molar-refractivity contribution is 0.115. The summed E-state index contributed by atoms with van der Waals surface area (Å²) < 4.78 is 10.0. The Hall–Kier alpha value is -2.53. The van der Waals surface area contributed by atoms with Crippen LogP contribution in [-0.2, 0) is 11.3 Å². The first kappa shape index (κ1) is 13.9. The summed E-state index contributed by atoms with van der Waals surface area (Å²) >= 11 is 0. The van der Waals surface area contributed by atoms with Gasteiger partial charge < -0.3 is 9.47 Å². The lowest BCUT2D eigenvalue weighted by Gasteiger charge is -2.15. The maximum atomic E-state index is 11.7. The van der Waals surface area contributed by atoms with Crippen molar-refractivity contribution < 1.29 is 19.5 Å². The third-order valence-electron chi connectivity index (χ3n) is 2.68. The zero-order valence-electron chi connectivity index (χ0n) is 11.0. The van der Waals surface area contributed by atoms with Crippen LogP contribution in [0, 0.1) is 0 Å². The quantitative estimate of drug-likeness (QED) is 0.686. The molecule has 0 aliphatic heterocycles. The number of amides is 1. The normalized spacial score (nSPS) is 9.90. The van der Waals surface area contributed by atoms with E-state index in [2.05, 4.69) is 0 Å². The number of rotatable bonds is 4. The number of hydroxylamine groups is 1. The van der Waals surface area contributed by atoms with E-state index in [1.807, 2.05) is 30.3 Å². The maximum absolute atomic E-state index is 11.7. The second kappa shape index (κ2) is 6.58. The summed E-state index contributed by atoms with van der Waals surface area (Å²) in [5, 5.41) is 10.2. The molecular weight excluding hydrogens is 258 g/mol. The Labute approximate surface area is 116 Å². The smallest absolute Gasteiger partial charge is 0.438 e. The van der Waals surface area contributed by atoms with E-state index in [1.54, 1.807) is 18.2 Å². The number of methoxy groups -OCH3 is 1. The van der Waals surface area contributed by atoms with E-state index >= 15 is 0 Å². The summed E-state index contributed by atoms with van der Waals surface area (Å²) in [5.41, 5.74) is 1.13. The lowest BCUT2D eigenvalue weighted by Crippen LogP contribution is -2.27. The highest BCUT2D eigenvalue weighted by Crippen LogP contribution is 2.20. The number of carbonyl (C=O) groups is 1. The van der Waals surface area contributed by atoms with Crippen LogP contribution < -0.4 is 9.80 Å². The Balaban J connectivity index is 1.98. The molecule has 0 aromatic heterocycles. The molecule has 0 spiro atoms. The van der Waals surface area contributed by atoms with Gasteiger partial charge in [-0.3, -0.25) is 5.21 Å². The van der Waals surface area contributed by atoms with Gasteiger partial charge in [0.2, 0.25) is 0 Å². The Morgan fingerprint density at radius 3 is 2.60 bits per heavy atom. The minimum atomic E-state index is -0.845. The van der Waals surface area contributed by atoms with E-state index in [9.17, 15) is 10.0 Å². The molecule has 1 amide bonds. The highest BCUT2D eigenvalue weighted by atomic mass is 16.6. The second-order valence-electron chi connectivity index (χ2n) is 4.05. The highest BCUT2D eigenvalue weighted by molar-refractivity contribution is 5.85. The standard InChI is InChI=1S/C15H15NO4/c1-19-14-9-5-8-13(10-14)16(18)15(17)20-11-12-6-3-2-4-7-12/h2-10,18H,11H2,1H3. The molecule has 2 aromatic rings. The van der Waals surface area contributed by atoms with Gasteiger partial charge in [-0.25, -0.2) is 4.79 Å². The van der Waals surface area contributed by atoms with Crippen LogP contribution in [0.25, 0.3) is 0 Å². The van der Waals surface area contributed by atoms with E-state index < -0.39 is 6.09 Å². The molecule has 0 saturated carbocycles. The maximum Gasteiger partial charge on any atom is 0.438 e. The fourth-order valence-electron chi connectivity index (χ4n) is 1.63. The van der Waals surface area contributed by atoms with Crippen LogP contribution >= 0.6 is 0 Å². The summed E-state index contributed by atoms with van der Waals surface area (Å²) in [6.45, 7) is 0.0979. The van der Waals surface area contributed by atoms with Crippen molar-refractivity contribution in [1.29, 1.82) is 0 Å². The molecule has 5 nitrogen and oxygen atoms in total. The number of carbonyl (C=O) groups excluding carboxylic acids is 1. The van der Waals surface area contributed by atoms with Crippen molar-refractivity contribution in [2.45, 2.75) is 6.61 Å². The first-order valence-electron chi connectivity index (χ1n) is 6.04. The summed E-state index contributed by atoms with van der Waals surface area (Å²) in [4.78, 5) is 11.7. The summed E-state index contributed by atoms with van der Waals surface area (Å²) in [6.07, 6.45) is -0.845. The van der Waals surface area contributed by atoms with Crippen LogP contribution in [0.2, 0.25) is 0 Å². The molecule has 0 unspecified atom stereocenters. The highest BCUT2D eigenvalue weighted by Gasteiger charge is 2.15. The third-order valence-corrected chi connectivity index (χ3v) is 2.68. The zero-order chi connectivity index (χ0) is 14.4. The van der Waals surface area contributed by atoms with Gasteiger partial charge >= 0.3 is 6.09 Å². The minimum Gasteiger partial charge on any atom is -0.497 e. The fourth-order valence-corrected chi connectivity index (χ4v) is 1.63. The van der Waals surface area contributed by atoms with Crippen LogP contribution in [0.4, 0.5) is 10.5 Å². The van der Waals surface area contributed by atoms with Gasteiger partial charge in [0.25, 0.3) is 0 Å². The van der Waals surface area contributed by atoms with Gasteiger partial charge in [0.05, 0.1) is 12.8 Å². The number of nitrogens with zero attached hydrogens (tertiary/aromatic N) is 1. The molecule has 0 heterocycles. The van der Waals surface area contributed by atoms with Crippen molar-refractivity contribution in [3.8, 4) is 5.75 Å². The van der Waals surface area contributed by atoms with Crippen molar-refractivity contribution in [3.63, 3.8) is 0 Å². The topological polar surface area (TPSA) is 59.0 Å². The predicted molar refractivity (Wildman–Crippen MR) is 73.9 cm³/mol. The summed E-state index contributed by atoms with van der Waals surface area (Å²) in [6, 6.07) is 15.7. The molecule has 0 saturated heterocycles. The molecular formula is C15H15NO4. The SMILES string of the molecule is COc1cccc(N(O)C(=O)OCc2ccccc2)c1. The Bertz CT molecular complexity index is 571. The van der Waals surface area contributed by atoms with Crippen molar-refractivity contribution in [1.82, 2.24) is 0 Å². The molecule has 5 heteroatoms. The first-order valence-corrected chi connectivity index (χ1v) is 6.04. The fraction of sp³-hybridized carbons (Fsp3) is 0.133. The van der Waals surface area contributed by atoms with Crippen LogP contribution in [-0.4, -0.2) is 18.4 Å². The van der Waals surface area contributed by atoms with E-state index in [4.69, 9.17) is 9.47 Å². The number of anilines is 1. The Morgan fingerprint density at radius 2 is 1.90 bits per heavy atom. The molecule has 2 aromatic carbocycles. The zero-order valence-corrected chi connectivity index (χ0v) is 11.0. The van der Waals surface area contributed by atoms with E-state index in [-0.39, 0.29) is 12.3 Å². The second-order valence-corrected chi connectivity index (χ2v) is 4.05. The molecule has 0 atom stereocenters. The molecule has 0 aliphatic rings. The molecule has 0 fully saturated rings. The Morgan fingerprint density at radius 1 is 1.15 bits per heavy atom. The number of ether oxygens (including phenoxy) is 2. The summed E-state index contributed by atoms with van der Waals surface area (Å²) in [7, 11) is 1.51. The average Bonchev–Trinajstić information content (AvgIpc) is 2.53. The van der Waals surface area contributed by atoms with Crippen LogP contribution in [0.1, 0.15) is 5.56 Å². The molecule has 0 aliphatic carbocycles. The third kappa shape index (κ3) is 3.49. The van der Waals surface area contributed by atoms with Crippen LogP contribution in [0.5, 0.6) is 5.75 Å². The molecule has 0 bridgehead atoms. The lowest BCUT2D eigenvalue weighted by atomic mass is 10.2. The molecule has 1 N–H and O–H groups in total. The van der Waals surface area contributed by atoms with Crippen molar-refractivity contribution in [2.24, 2.45) is 0 Å². The molecule has 2 rings (SSSR count). The Kier molecular flexibility index (Phi) is 4.57. The van der Waals surface area contributed by atoms with Gasteiger partial charge in [-0.15, -0.1) is 0 Å². The minimum absolute atomic E-state index is 0.0979. The van der Waals surface area contributed by atoms with E-state index in [0.29, 0.717) is 10.8 Å². The average molecular weight is 273 g/mol. The van der Waals surface area contributed by atoms with Crippen molar-refractivity contribution in [3.05, 3.63) is 60.2 Å². The van der Waals surface area contributed by atoms with Crippen LogP contribution in [0.3, 0.4) is 0 Å². The molecule has 0 radical (unpaired) electrons. The van der Waals surface area contributed by atoms with Gasteiger partial charge in [0, 0.05) is 6.07 Å². The van der Waals surface area contributed by atoms with Crippen molar-refractivity contribution in [2.75, 3.05) is 12.2 Å². The predicted octanol–water partition coefficient (Wildman–Crippen LogP) is 3.23. The van der Waals surface area contributed by atoms with Gasteiger partial charge in [0.1, 0.15) is 12.4 Å². The van der Waals surface area contributed by atoms with Gasteiger partial charge in [-0.1, -0.05) is 36.4 Å². The van der Waals surface area contributed by atoms with E-state index in [0.717, 1.165) is 5.56 Å². The van der Waals surface area contributed by atoms with Gasteiger partial charge in [-0.2, -0.15) is 5.06 Å². The van der Waals surface area contributed by atoms with Gasteiger partial charge in [0.15, 0.2) is 0 Å². The number of benzene rings is 2. The molecule has 20 heavy (non-hydrogen) atoms. The first-order chi connectivity index (χ1) is 9.70. The molecule has 104 valence electrons. The number of hydrogen-bond acceptors (Lipinski definition) is 4. The van der Waals surface area contributed by atoms with E-state index in [1.165, 1.54) is 13.2 Å². The van der Waals surface area contributed by atoms with Crippen LogP contribution in [0.15, 0.2) is 54.6 Å². The van der Waals surface area contributed by atoms with Gasteiger partial charge in [-0.05, 0) is 17.7 Å². The summed E-state index contributed by atoms with van der Waals surface area (Å²) in [5.74, 6) is 0.539. The van der Waals surface area contributed by atoms with Crippen molar-refractivity contribution >= 4 is 11.8 Å². The largest absolute Gasteiger partial charge is 0.497 e. The number of hydrogen-bond donors (Lipinski definition) is 1. The monoisotopic (exact) mass is 273 g/mol.